The summed E-state index contributed by atoms with van der Waals surface area (Å²) in [5.74, 6) is -0.558. The summed E-state index contributed by atoms with van der Waals surface area (Å²) in [6, 6.07) is 0. The van der Waals surface area contributed by atoms with E-state index in [4.69, 9.17) is 15.3 Å². The average Bonchev–Trinajstić information content (AvgIpc) is 1.99. The zero-order chi connectivity index (χ0) is 8.85. The number of hydrogen-bond acceptors (Lipinski definition) is 4. The van der Waals surface area contributed by atoms with Gasteiger partial charge in [0, 0.05) is 6.54 Å². The first-order chi connectivity index (χ1) is 5.07. The van der Waals surface area contributed by atoms with Gasteiger partial charge in [-0.05, 0) is 6.92 Å². The summed E-state index contributed by atoms with van der Waals surface area (Å²) in [7, 11) is 0. The molecule has 0 rings (SSSR count). The lowest BCUT2D eigenvalue weighted by Crippen LogP contribution is -2.38. The van der Waals surface area contributed by atoms with E-state index in [0.29, 0.717) is 0 Å². The Bertz CT molecular complexity index is 126. The van der Waals surface area contributed by atoms with E-state index < -0.39 is 24.7 Å². The highest BCUT2D eigenvalue weighted by molar-refractivity contribution is 5.79. The maximum absolute atomic E-state index is 10.6. The van der Waals surface area contributed by atoms with Crippen molar-refractivity contribution in [3.05, 3.63) is 0 Å². The molecule has 0 spiro atoms. The van der Waals surface area contributed by atoms with Crippen LogP contribution in [0.15, 0.2) is 0 Å². The van der Waals surface area contributed by atoms with Crippen molar-refractivity contribution in [3.8, 4) is 0 Å². The Kier molecular flexibility index (Phi) is 4.76. The lowest BCUT2D eigenvalue weighted by molar-refractivity contribution is -0.129. The van der Waals surface area contributed by atoms with E-state index in [1.54, 1.807) is 0 Å². The van der Waals surface area contributed by atoms with Crippen LogP contribution >= 0.6 is 0 Å². The maximum atomic E-state index is 10.6. The van der Waals surface area contributed by atoms with Gasteiger partial charge in [-0.25, -0.2) is 0 Å². The molecule has 0 fully saturated rings. The Morgan fingerprint density at radius 3 is 2.45 bits per heavy atom. The standard InChI is InChI=1S/C6H13NO4/c1-4(9)6(11)7-2-5(10)3-8/h4-5,8-10H,2-3H2,1H3,(H,7,11)/t4-,5?/m0/s1. The molecule has 0 aliphatic heterocycles. The van der Waals surface area contributed by atoms with Gasteiger partial charge in [0.05, 0.1) is 12.7 Å². The van der Waals surface area contributed by atoms with E-state index in [1.807, 2.05) is 0 Å². The Balaban J connectivity index is 3.46. The third-order valence-corrected chi connectivity index (χ3v) is 1.10. The fraction of sp³-hybridized carbons (Fsp3) is 0.833. The molecule has 0 aliphatic carbocycles. The summed E-state index contributed by atoms with van der Waals surface area (Å²) in [5, 5.41) is 27.9. The van der Waals surface area contributed by atoms with Crippen LogP contribution in [0.5, 0.6) is 0 Å². The minimum absolute atomic E-state index is 0.0414. The van der Waals surface area contributed by atoms with Crippen molar-refractivity contribution in [2.24, 2.45) is 0 Å². The van der Waals surface area contributed by atoms with Gasteiger partial charge < -0.3 is 20.6 Å². The van der Waals surface area contributed by atoms with Crippen molar-refractivity contribution < 1.29 is 20.1 Å². The van der Waals surface area contributed by atoms with Crippen LogP contribution in [0.1, 0.15) is 6.92 Å². The van der Waals surface area contributed by atoms with E-state index in [-0.39, 0.29) is 6.54 Å². The van der Waals surface area contributed by atoms with Gasteiger partial charge in [-0.1, -0.05) is 0 Å². The zero-order valence-corrected chi connectivity index (χ0v) is 6.32. The van der Waals surface area contributed by atoms with E-state index >= 15 is 0 Å². The molecule has 5 nitrogen and oxygen atoms in total. The molecule has 4 N–H and O–H groups in total. The van der Waals surface area contributed by atoms with Gasteiger partial charge in [0.15, 0.2) is 0 Å². The average molecular weight is 163 g/mol. The second kappa shape index (κ2) is 5.06. The van der Waals surface area contributed by atoms with E-state index in [0.717, 1.165) is 0 Å². The summed E-state index contributed by atoms with van der Waals surface area (Å²) in [4.78, 5) is 10.6. The molecule has 66 valence electrons. The molecule has 0 aromatic rings. The highest BCUT2D eigenvalue weighted by atomic mass is 16.3. The van der Waals surface area contributed by atoms with E-state index in [2.05, 4.69) is 5.32 Å². The largest absolute Gasteiger partial charge is 0.394 e. The first-order valence-corrected chi connectivity index (χ1v) is 3.32. The summed E-state index contributed by atoms with van der Waals surface area (Å²) in [5.41, 5.74) is 0. The van der Waals surface area contributed by atoms with Crippen LogP contribution in [0.2, 0.25) is 0 Å². The second-order valence-corrected chi connectivity index (χ2v) is 2.26. The maximum Gasteiger partial charge on any atom is 0.248 e. The molecule has 0 saturated carbocycles. The lowest BCUT2D eigenvalue weighted by atomic mass is 10.3. The van der Waals surface area contributed by atoms with Crippen LogP contribution in [-0.4, -0.2) is 46.6 Å². The smallest absolute Gasteiger partial charge is 0.248 e. The number of carbonyl (C=O) groups is 1. The highest BCUT2D eigenvalue weighted by Crippen LogP contribution is 1.81. The summed E-state index contributed by atoms with van der Waals surface area (Å²) < 4.78 is 0. The SMILES string of the molecule is C[C@H](O)C(=O)NCC(O)CO. The first-order valence-electron chi connectivity index (χ1n) is 3.32. The molecular formula is C6H13NO4. The Morgan fingerprint density at radius 1 is 1.55 bits per heavy atom. The topological polar surface area (TPSA) is 89.8 Å². The van der Waals surface area contributed by atoms with E-state index in [1.165, 1.54) is 6.92 Å². The zero-order valence-electron chi connectivity index (χ0n) is 6.32. The molecular weight excluding hydrogens is 150 g/mol. The predicted octanol–water partition coefficient (Wildman–Crippen LogP) is -2.16. The van der Waals surface area contributed by atoms with Crippen molar-refractivity contribution in [3.63, 3.8) is 0 Å². The van der Waals surface area contributed by atoms with Gasteiger partial charge >= 0.3 is 0 Å². The lowest BCUT2D eigenvalue weighted by Gasteiger charge is -2.09. The van der Waals surface area contributed by atoms with Crippen molar-refractivity contribution in [1.29, 1.82) is 0 Å². The number of aliphatic hydroxyl groups excluding tert-OH is 3. The van der Waals surface area contributed by atoms with Crippen LogP contribution in [0.4, 0.5) is 0 Å². The van der Waals surface area contributed by atoms with Crippen LogP contribution in [0.25, 0.3) is 0 Å². The number of amides is 1. The number of hydrogen-bond donors (Lipinski definition) is 4. The molecule has 0 heterocycles. The molecule has 0 saturated heterocycles. The van der Waals surface area contributed by atoms with Gasteiger partial charge in [0.25, 0.3) is 0 Å². The summed E-state index contributed by atoms with van der Waals surface area (Å²) in [6.07, 6.45) is -2.04. The van der Waals surface area contributed by atoms with Crippen molar-refractivity contribution in [2.45, 2.75) is 19.1 Å². The number of carbonyl (C=O) groups excluding carboxylic acids is 1. The fourth-order valence-corrected chi connectivity index (χ4v) is 0.431. The third kappa shape index (κ3) is 4.72. The van der Waals surface area contributed by atoms with Gasteiger partial charge in [-0.15, -0.1) is 0 Å². The Labute approximate surface area is 64.7 Å². The summed E-state index contributed by atoms with van der Waals surface area (Å²) >= 11 is 0. The minimum Gasteiger partial charge on any atom is -0.394 e. The number of rotatable bonds is 4. The highest BCUT2D eigenvalue weighted by Gasteiger charge is 2.09. The van der Waals surface area contributed by atoms with Crippen molar-refractivity contribution >= 4 is 5.91 Å². The van der Waals surface area contributed by atoms with Crippen molar-refractivity contribution in [2.75, 3.05) is 13.2 Å². The minimum atomic E-state index is -1.08. The molecule has 0 bridgehead atoms. The van der Waals surface area contributed by atoms with Crippen molar-refractivity contribution in [1.82, 2.24) is 5.32 Å². The molecule has 5 heteroatoms. The molecule has 11 heavy (non-hydrogen) atoms. The summed E-state index contributed by atoms with van der Waals surface area (Å²) in [6.45, 7) is 0.876. The molecule has 0 radical (unpaired) electrons. The van der Waals surface area contributed by atoms with Crippen LogP contribution in [-0.2, 0) is 4.79 Å². The Morgan fingerprint density at radius 2 is 2.09 bits per heavy atom. The third-order valence-electron chi connectivity index (χ3n) is 1.10. The number of nitrogens with one attached hydrogen (secondary N) is 1. The monoisotopic (exact) mass is 163 g/mol. The van der Waals surface area contributed by atoms with Gasteiger partial charge in [0.2, 0.25) is 5.91 Å². The van der Waals surface area contributed by atoms with Gasteiger partial charge in [-0.3, -0.25) is 4.79 Å². The van der Waals surface area contributed by atoms with E-state index in [9.17, 15) is 4.79 Å². The Hall–Kier alpha value is -0.650. The first kappa shape index (κ1) is 10.3. The normalized spacial score (nSPS) is 15.6. The van der Waals surface area contributed by atoms with Crippen LogP contribution in [0, 0.1) is 0 Å². The molecule has 0 aromatic heterocycles. The predicted molar refractivity (Wildman–Crippen MR) is 37.8 cm³/mol. The van der Waals surface area contributed by atoms with Crippen LogP contribution in [0.3, 0.4) is 0 Å². The quantitative estimate of drug-likeness (QED) is 0.380. The molecule has 1 unspecified atom stereocenters. The molecule has 2 atom stereocenters. The van der Waals surface area contributed by atoms with Crippen LogP contribution < -0.4 is 5.32 Å². The molecule has 0 aliphatic rings. The fourth-order valence-electron chi connectivity index (χ4n) is 0.431. The molecule has 1 amide bonds. The molecule has 0 aromatic carbocycles. The number of aliphatic hydroxyl groups is 3. The second-order valence-electron chi connectivity index (χ2n) is 2.26. The van der Waals surface area contributed by atoms with Gasteiger partial charge in [0.1, 0.15) is 6.10 Å². The van der Waals surface area contributed by atoms with Gasteiger partial charge in [-0.2, -0.15) is 0 Å².